The summed E-state index contributed by atoms with van der Waals surface area (Å²) in [6.07, 6.45) is 5.77. The normalized spacial score (nSPS) is 20.1. The number of benzene rings is 1. The minimum absolute atomic E-state index is 0.0579. The largest absolute Gasteiger partial charge is 0.481 e. The number of terminal acetylenes is 1. The van der Waals surface area contributed by atoms with Crippen molar-refractivity contribution < 1.29 is 23.1 Å². The SMILES string of the molecule is C#CCNS(=O)(=O)c1cccc(C(=O)NC2CC(C(=O)O)C2)c1. The van der Waals surface area contributed by atoms with Crippen molar-refractivity contribution in [3.8, 4) is 12.3 Å². The summed E-state index contributed by atoms with van der Waals surface area (Å²) in [4.78, 5) is 22.8. The molecule has 122 valence electrons. The van der Waals surface area contributed by atoms with Crippen LogP contribution in [-0.4, -0.2) is 38.0 Å². The molecule has 0 heterocycles. The summed E-state index contributed by atoms with van der Waals surface area (Å²) in [5.41, 5.74) is 0.187. The van der Waals surface area contributed by atoms with Gasteiger partial charge in [-0.15, -0.1) is 6.42 Å². The fraction of sp³-hybridized carbons (Fsp3) is 0.333. The van der Waals surface area contributed by atoms with E-state index in [4.69, 9.17) is 11.5 Å². The van der Waals surface area contributed by atoms with Crippen LogP contribution in [0.5, 0.6) is 0 Å². The number of hydrogen-bond acceptors (Lipinski definition) is 4. The topological polar surface area (TPSA) is 113 Å². The van der Waals surface area contributed by atoms with Crippen LogP contribution < -0.4 is 10.0 Å². The standard InChI is InChI=1S/C15H16N2O5S/c1-2-6-16-23(21,22)13-5-3-4-10(9-13)14(18)17-12-7-11(8-12)15(19)20/h1,3-5,9,11-12,16H,6-8H2,(H,17,18)(H,19,20). The summed E-state index contributed by atoms with van der Waals surface area (Å²) in [6, 6.07) is 5.35. The van der Waals surface area contributed by atoms with Gasteiger partial charge in [-0.25, -0.2) is 8.42 Å². The summed E-state index contributed by atoms with van der Waals surface area (Å²) in [7, 11) is -3.77. The smallest absolute Gasteiger partial charge is 0.306 e. The first-order chi connectivity index (χ1) is 10.8. The van der Waals surface area contributed by atoms with Gasteiger partial charge < -0.3 is 10.4 Å². The number of amides is 1. The molecule has 0 unspecified atom stereocenters. The number of carbonyl (C=O) groups is 2. The van der Waals surface area contributed by atoms with Gasteiger partial charge >= 0.3 is 5.97 Å². The molecule has 2 rings (SSSR count). The van der Waals surface area contributed by atoms with Gasteiger partial charge in [0.1, 0.15) is 0 Å². The fourth-order valence-corrected chi connectivity index (χ4v) is 3.21. The van der Waals surface area contributed by atoms with Crippen molar-refractivity contribution in [2.75, 3.05) is 6.54 Å². The highest BCUT2D eigenvalue weighted by Gasteiger charge is 2.35. The van der Waals surface area contributed by atoms with Crippen LogP contribution in [0.4, 0.5) is 0 Å². The van der Waals surface area contributed by atoms with Gasteiger partial charge in [-0.1, -0.05) is 12.0 Å². The Balaban J connectivity index is 2.04. The molecular formula is C15H16N2O5S. The molecule has 1 saturated carbocycles. The van der Waals surface area contributed by atoms with Crippen LogP contribution >= 0.6 is 0 Å². The van der Waals surface area contributed by atoms with E-state index in [1.807, 2.05) is 0 Å². The van der Waals surface area contributed by atoms with Crippen molar-refractivity contribution in [2.24, 2.45) is 5.92 Å². The monoisotopic (exact) mass is 336 g/mol. The van der Waals surface area contributed by atoms with E-state index in [9.17, 15) is 18.0 Å². The molecule has 1 aliphatic rings. The predicted molar refractivity (Wildman–Crippen MR) is 82.1 cm³/mol. The average molecular weight is 336 g/mol. The van der Waals surface area contributed by atoms with E-state index in [0.717, 1.165) is 0 Å². The van der Waals surface area contributed by atoms with Gasteiger partial charge in [0.15, 0.2) is 0 Å². The highest BCUT2D eigenvalue weighted by Crippen LogP contribution is 2.27. The van der Waals surface area contributed by atoms with Crippen LogP contribution in [0.2, 0.25) is 0 Å². The molecule has 3 N–H and O–H groups in total. The lowest BCUT2D eigenvalue weighted by molar-refractivity contribution is -0.145. The van der Waals surface area contributed by atoms with E-state index in [1.54, 1.807) is 0 Å². The third-order valence-corrected chi connectivity index (χ3v) is 4.99. The molecule has 0 saturated heterocycles. The number of sulfonamides is 1. The molecular weight excluding hydrogens is 320 g/mol. The third kappa shape index (κ3) is 4.09. The Labute approximate surface area is 134 Å². The second kappa shape index (κ2) is 6.81. The molecule has 1 aliphatic carbocycles. The zero-order chi connectivity index (χ0) is 17.0. The molecule has 0 bridgehead atoms. The highest BCUT2D eigenvalue weighted by molar-refractivity contribution is 7.89. The molecule has 1 amide bonds. The molecule has 0 aromatic heterocycles. The second-order valence-corrected chi connectivity index (χ2v) is 7.00. The molecule has 23 heavy (non-hydrogen) atoms. The number of carboxylic acid groups (broad SMARTS) is 1. The minimum atomic E-state index is -3.77. The highest BCUT2D eigenvalue weighted by atomic mass is 32.2. The van der Waals surface area contributed by atoms with Crippen molar-refractivity contribution >= 4 is 21.9 Å². The van der Waals surface area contributed by atoms with Crippen LogP contribution in [0.1, 0.15) is 23.2 Å². The van der Waals surface area contributed by atoms with E-state index in [0.29, 0.717) is 12.8 Å². The maximum absolute atomic E-state index is 12.1. The van der Waals surface area contributed by atoms with E-state index in [2.05, 4.69) is 16.0 Å². The Hall–Kier alpha value is -2.37. The lowest BCUT2D eigenvalue weighted by Crippen LogP contribution is -2.46. The Morgan fingerprint density at radius 1 is 1.35 bits per heavy atom. The minimum Gasteiger partial charge on any atom is -0.481 e. The molecule has 7 nitrogen and oxygen atoms in total. The number of carbonyl (C=O) groups excluding carboxylic acids is 1. The summed E-state index contributed by atoms with van der Waals surface area (Å²) in [6.45, 7) is -0.141. The summed E-state index contributed by atoms with van der Waals surface area (Å²) >= 11 is 0. The number of hydrogen-bond donors (Lipinski definition) is 3. The van der Waals surface area contributed by atoms with Crippen LogP contribution in [0.3, 0.4) is 0 Å². The molecule has 0 spiro atoms. The van der Waals surface area contributed by atoms with Crippen LogP contribution in [-0.2, 0) is 14.8 Å². The van der Waals surface area contributed by atoms with Gasteiger partial charge in [0.2, 0.25) is 10.0 Å². The Bertz CT molecular complexity index is 760. The molecule has 1 aromatic carbocycles. The molecule has 0 atom stereocenters. The van der Waals surface area contributed by atoms with Gasteiger partial charge in [0.05, 0.1) is 17.4 Å². The summed E-state index contributed by atoms with van der Waals surface area (Å²) in [5.74, 6) is 0.428. The van der Waals surface area contributed by atoms with E-state index >= 15 is 0 Å². The molecule has 1 aromatic rings. The molecule has 8 heteroatoms. The Kier molecular flexibility index (Phi) is 5.03. The maximum Gasteiger partial charge on any atom is 0.306 e. The summed E-state index contributed by atoms with van der Waals surface area (Å²) in [5, 5.41) is 11.5. The Morgan fingerprint density at radius 2 is 2.04 bits per heavy atom. The van der Waals surface area contributed by atoms with Gasteiger partial charge in [-0.3, -0.25) is 9.59 Å². The quantitative estimate of drug-likeness (QED) is 0.642. The fourth-order valence-electron chi connectivity index (χ4n) is 2.23. The maximum atomic E-state index is 12.1. The third-order valence-electron chi connectivity index (χ3n) is 3.59. The number of nitrogens with one attached hydrogen (secondary N) is 2. The van der Waals surface area contributed by atoms with Crippen molar-refractivity contribution in [3.05, 3.63) is 29.8 Å². The molecule has 1 fully saturated rings. The molecule has 0 aliphatic heterocycles. The summed E-state index contributed by atoms with van der Waals surface area (Å²) < 4.78 is 26.2. The predicted octanol–water partition coefficient (Wildman–Crippen LogP) is 0.191. The van der Waals surface area contributed by atoms with Crippen LogP contribution in [0, 0.1) is 18.3 Å². The first-order valence-electron chi connectivity index (χ1n) is 6.90. The van der Waals surface area contributed by atoms with E-state index < -0.39 is 27.8 Å². The van der Waals surface area contributed by atoms with Crippen LogP contribution in [0.15, 0.2) is 29.2 Å². The lowest BCUT2D eigenvalue weighted by Gasteiger charge is -2.32. The second-order valence-electron chi connectivity index (χ2n) is 5.23. The molecule has 0 radical (unpaired) electrons. The lowest BCUT2D eigenvalue weighted by atomic mass is 9.80. The number of aliphatic carboxylic acids is 1. The van der Waals surface area contributed by atoms with Crippen molar-refractivity contribution in [1.82, 2.24) is 10.0 Å². The van der Waals surface area contributed by atoms with Crippen molar-refractivity contribution in [2.45, 2.75) is 23.8 Å². The van der Waals surface area contributed by atoms with E-state index in [1.165, 1.54) is 24.3 Å². The van der Waals surface area contributed by atoms with Crippen molar-refractivity contribution in [1.29, 1.82) is 0 Å². The van der Waals surface area contributed by atoms with E-state index in [-0.39, 0.29) is 23.0 Å². The van der Waals surface area contributed by atoms with Gasteiger partial charge in [-0.2, -0.15) is 4.72 Å². The van der Waals surface area contributed by atoms with Gasteiger partial charge in [0, 0.05) is 11.6 Å². The first-order valence-corrected chi connectivity index (χ1v) is 8.38. The number of carboxylic acids is 1. The van der Waals surface area contributed by atoms with Crippen molar-refractivity contribution in [3.63, 3.8) is 0 Å². The van der Waals surface area contributed by atoms with Crippen LogP contribution in [0.25, 0.3) is 0 Å². The number of rotatable bonds is 6. The van der Waals surface area contributed by atoms with Gasteiger partial charge in [-0.05, 0) is 31.0 Å². The zero-order valence-electron chi connectivity index (χ0n) is 12.2. The first kappa shape index (κ1) is 17.0. The zero-order valence-corrected chi connectivity index (χ0v) is 13.0. The Morgan fingerprint density at radius 3 is 2.65 bits per heavy atom. The van der Waals surface area contributed by atoms with Gasteiger partial charge in [0.25, 0.3) is 5.91 Å². The average Bonchev–Trinajstić information content (AvgIpc) is 2.48.